The van der Waals surface area contributed by atoms with Crippen LogP contribution in [0.15, 0.2) is 18.2 Å². The van der Waals surface area contributed by atoms with Crippen LogP contribution in [-0.4, -0.2) is 30.8 Å². The first-order valence-corrected chi connectivity index (χ1v) is 7.73. The first-order valence-electron chi connectivity index (χ1n) is 7.73. The molecule has 0 spiro atoms. The van der Waals surface area contributed by atoms with Gasteiger partial charge in [-0.1, -0.05) is 6.07 Å². The highest BCUT2D eigenvalue weighted by Crippen LogP contribution is 2.25. The van der Waals surface area contributed by atoms with E-state index in [9.17, 15) is 23.2 Å². The Balaban J connectivity index is 2.06. The molecule has 0 aromatic heterocycles. The van der Waals surface area contributed by atoms with Crippen LogP contribution in [0.1, 0.15) is 31.2 Å². The first-order chi connectivity index (χ1) is 11.4. The minimum atomic E-state index is -0.949. The summed E-state index contributed by atoms with van der Waals surface area (Å²) >= 11 is 0. The molecule has 1 saturated carbocycles. The zero-order valence-corrected chi connectivity index (χ0v) is 13.3. The molecule has 0 saturated heterocycles. The second-order valence-corrected chi connectivity index (χ2v) is 5.88. The Morgan fingerprint density at radius 3 is 2.75 bits per heavy atom. The molecule has 1 aromatic carbocycles. The van der Waals surface area contributed by atoms with Gasteiger partial charge < -0.3 is 10.1 Å². The van der Waals surface area contributed by atoms with E-state index in [4.69, 9.17) is 4.74 Å². The number of hydrogen-bond acceptors (Lipinski definition) is 4. The van der Waals surface area contributed by atoms with Gasteiger partial charge in [0.15, 0.2) is 0 Å². The Kier molecular flexibility index (Phi) is 6.00. The lowest BCUT2D eigenvalue weighted by Crippen LogP contribution is -2.48. The zero-order chi connectivity index (χ0) is 17.7. The van der Waals surface area contributed by atoms with Gasteiger partial charge in [-0.3, -0.25) is 9.59 Å². The quantitative estimate of drug-likeness (QED) is 0.832. The van der Waals surface area contributed by atoms with Crippen LogP contribution >= 0.6 is 0 Å². The number of esters is 1. The lowest BCUT2D eigenvalue weighted by atomic mass is 9.83. The number of halogens is 2. The van der Waals surface area contributed by atoms with Gasteiger partial charge >= 0.3 is 5.97 Å². The van der Waals surface area contributed by atoms with Gasteiger partial charge in [0.05, 0.1) is 13.5 Å². The molecule has 130 valence electrons. The summed E-state index contributed by atoms with van der Waals surface area (Å²) in [7, 11) is 1.20. The highest BCUT2D eigenvalue weighted by atomic mass is 19.1. The monoisotopic (exact) mass is 339 g/mol. The molecule has 1 aliphatic rings. The number of nitrogens with one attached hydrogen (secondary N) is 1. The van der Waals surface area contributed by atoms with E-state index in [2.05, 4.69) is 5.32 Å². The summed E-state index contributed by atoms with van der Waals surface area (Å²) in [5.74, 6) is -3.08. The molecule has 2 rings (SSSR count). The first kappa shape index (κ1) is 18.0. The fraction of sp³-hybridized carbons (Fsp3) is 0.471. The van der Waals surface area contributed by atoms with Crippen molar-refractivity contribution in [1.29, 1.82) is 0 Å². The molecule has 0 heterocycles. The molecule has 5 nitrogen and oxygen atoms in total. The fourth-order valence-corrected chi connectivity index (χ4v) is 2.90. The summed E-state index contributed by atoms with van der Waals surface area (Å²) in [4.78, 5) is 35.7. The maximum Gasteiger partial charge on any atom is 0.328 e. The molecule has 0 bridgehead atoms. The van der Waals surface area contributed by atoms with Crippen molar-refractivity contribution >= 4 is 17.7 Å². The van der Waals surface area contributed by atoms with E-state index < -0.39 is 29.6 Å². The lowest BCUT2D eigenvalue weighted by Gasteiger charge is -2.28. The number of hydrogen-bond donors (Lipinski definition) is 1. The summed E-state index contributed by atoms with van der Waals surface area (Å²) in [5, 5.41) is 2.52. The van der Waals surface area contributed by atoms with Crippen LogP contribution in [0, 0.1) is 17.6 Å². The Morgan fingerprint density at radius 1 is 1.38 bits per heavy atom. The number of ketones is 1. The lowest BCUT2D eigenvalue weighted by molar-refractivity contribution is -0.147. The van der Waals surface area contributed by atoms with E-state index in [0.29, 0.717) is 25.3 Å². The summed E-state index contributed by atoms with van der Waals surface area (Å²) in [6.07, 6.45) is 1.61. The molecule has 24 heavy (non-hydrogen) atoms. The van der Waals surface area contributed by atoms with E-state index in [1.165, 1.54) is 13.2 Å². The average molecular weight is 339 g/mol. The van der Waals surface area contributed by atoms with E-state index in [1.54, 1.807) is 0 Å². The maximum atomic E-state index is 13.6. The van der Waals surface area contributed by atoms with E-state index in [0.717, 1.165) is 6.07 Å². The average Bonchev–Trinajstić information content (AvgIpc) is 2.54. The summed E-state index contributed by atoms with van der Waals surface area (Å²) in [6, 6.07) is 1.99. The van der Waals surface area contributed by atoms with E-state index >= 15 is 0 Å². The molecule has 0 radical (unpaired) electrons. The molecule has 1 fully saturated rings. The van der Waals surface area contributed by atoms with Crippen LogP contribution in [0.4, 0.5) is 8.78 Å². The van der Waals surface area contributed by atoms with Gasteiger partial charge in [0.1, 0.15) is 23.5 Å². The van der Waals surface area contributed by atoms with Gasteiger partial charge in [-0.15, -0.1) is 0 Å². The fourth-order valence-electron chi connectivity index (χ4n) is 2.90. The third kappa shape index (κ3) is 4.59. The predicted molar refractivity (Wildman–Crippen MR) is 81.0 cm³/mol. The topological polar surface area (TPSA) is 72.5 Å². The molecule has 0 unspecified atom stereocenters. The van der Waals surface area contributed by atoms with Gasteiger partial charge in [0.25, 0.3) is 0 Å². The number of benzene rings is 1. The van der Waals surface area contributed by atoms with Crippen molar-refractivity contribution < 1.29 is 27.9 Å². The minimum absolute atomic E-state index is 0.0252. The Labute approximate surface area is 138 Å². The molecule has 1 aliphatic carbocycles. The molecule has 1 N–H and O–H groups in total. The number of ether oxygens (including phenoxy) is 1. The van der Waals surface area contributed by atoms with Crippen molar-refractivity contribution in [3.8, 4) is 0 Å². The van der Waals surface area contributed by atoms with Crippen LogP contribution in [0.5, 0.6) is 0 Å². The second kappa shape index (κ2) is 7.99. The van der Waals surface area contributed by atoms with E-state index in [-0.39, 0.29) is 30.1 Å². The number of amides is 1. The molecular weight excluding hydrogens is 320 g/mol. The van der Waals surface area contributed by atoms with Crippen molar-refractivity contribution in [2.45, 2.75) is 38.1 Å². The molecule has 2 atom stereocenters. The third-order valence-electron chi connectivity index (χ3n) is 4.13. The normalized spacial score (nSPS) is 18.8. The number of carbonyl (C=O) groups is 3. The largest absolute Gasteiger partial charge is 0.467 e. The number of Topliss-reactive ketones (excluding diaryl/α,β-unsaturated/α-hetero) is 1. The van der Waals surface area contributed by atoms with Crippen LogP contribution in [0.25, 0.3) is 0 Å². The Morgan fingerprint density at radius 2 is 2.12 bits per heavy atom. The number of carbonyl (C=O) groups excluding carboxylic acids is 3. The van der Waals surface area contributed by atoms with Crippen molar-refractivity contribution in [3.05, 3.63) is 35.4 Å². The molecule has 7 heteroatoms. The van der Waals surface area contributed by atoms with Crippen LogP contribution in [0.2, 0.25) is 0 Å². The predicted octanol–water partition coefficient (Wildman–Crippen LogP) is 1.92. The summed E-state index contributed by atoms with van der Waals surface area (Å²) in [5.41, 5.74) is 0.0252. The molecule has 0 aliphatic heterocycles. The van der Waals surface area contributed by atoms with Gasteiger partial charge in [0.2, 0.25) is 5.91 Å². The van der Waals surface area contributed by atoms with Gasteiger partial charge in [-0.05, 0) is 30.4 Å². The molecular formula is C17H19F2NO4. The highest BCUT2D eigenvalue weighted by Gasteiger charge is 2.34. The Hall–Kier alpha value is -2.31. The smallest absolute Gasteiger partial charge is 0.328 e. The van der Waals surface area contributed by atoms with Crippen LogP contribution in [-0.2, 0) is 25.5 Å². The van der Waals surface area contributed by atoms with Crippen molar-refractivity contribution in [2.75, 3.05) is 7.11 Å². The third-order valence-corrected chi connectivity index (χ3v) is 4.13. The van der Waals surface area contributed by atoms with Crippen molar-refractivity contribution in [2.24, 2.45) is 5.92 Å². The minimum Gasteiger partial charge on any atom is -0.467 e. The van der Waals surface area contributed by atoms with Crippen LogP contribution in [0.3, 0.4) is 0 Å². The standard InChI is InChI=1S/C17H19F2NO4/c1-24-17(23)16(11-3-2-4-13(21)7-11)20-15(22)8-10-5-6-12(18)9-14(10)19/h5-6,9,11,16H,2-4,7-8H2,1H3,(H,20,22)/t11-,16-/m0/s1. The second-order valence-electron chi connectivity index (χ2n) is 5.88. The van der Waals surface area contributed by atoms with Crippen molar-refractivity contribution in [3.63, 3.8) is 0 Å². The molecule has 1 aromatic rings. The van der Waals surface area contributed by atoms with Gasteiger partial charge in [-0.2, -0.15) is 0 Å². The molecule has 1 amide bonds. The number of rotatable bonds is 5. The Bertz CT molecular complexity index is 647. The summed E-state index contributed by atoms with van der Waals surface area (Å²) < 4.78 is 31.2. The SMILES string of the molecule is COC(=O)[C@@H](NC(=O)Cc1ccc(F)cc1F)[C@H]1CCCC(=O)C1. The highest BCUT2D eigenvalue weighted by molar-refractivity contribution is 5.87. The van der Waals surface area contributed by atoms with Gasteiger partial charge in [0, 0.05) is 18.9 Å². The maximum absolute atomic E-state index is 13.6. The summed E-state index contributed by atoms with van der Waals surface area (Å²) in [6.45, 7) is 0. The van der Waals surface area contributed by atoms with Crippen molar-refractivity contribution in [1.82, 2.24) is 5.32 Å². The number of methoxy groups -OCH3 is 1. The van der Waals surface area contributed by atoms with Gasteiger partial charge in [-0.25, -0.2) is 13.6 Å². The van der Waals surface area contributed by atoms with Crippen LogP contribution < -0.4 is 5.32 Å². The van der Waals surface area contributed by atoms with E-state index in [1.807, 2.05) is 0 Å². The zero-order valence-electron chi connectivity index (χ0n) is 13.3.